The highest BCUT2D eigenvalue weighted by Gasteiger charge is 2.14. The predicted molar refractivity (Wildman–Crippen MR) is 73.2 cm³/mol. The fraction of sp³-hybridized carbons (Fsp3) is 0.333. The van der Waals surface area contributed by atoms with Crippen molar-refractivity contribution in [2.75, 3.05) is 0 Å². The summed E-state index contributed by atoms with van der Waals surface area (Å²) in [6, 6.07) is 10.1. The maximum absolute atomic E-state index is 9.12. The van der Waals surface area contributed by atoms with Gasteiger partial charge in [-0.25, -0.2) is 4.68 Å². The van der Waals surface area contributed by atoms with Crippen molar-refractivity contribution < 1.29 is 4.74 Å². The number of aromatic nitrogens is 2. The molecule has 0 aliphatic rings. The molecule has 2 aromatic rings. The molecule has 0 saturated carbocycles. The number of hydrogen-bond donors (Lipinski definition) is 0. The van der Waals surface area contributed by atoms with Gasteiger partial charge in [-0.05, 0) is 31.0 Å². The minimum absolute atomic E-state index is 0.486. The lowest BCUT2D eigenvalue weighted by molar-refractivity contribution is 0.429. The summed E-state index contributed by atoms with van der Waals surface area (Å²) in [4.78, 5) is 0. The summed E-state index contributed by atoms with van der Waals surface area (Å²) >= 11 is 0. The van der Waals surface area contributed by atoms with Crippen molar-refractivity contribution in [2.24, 2.45) is 7.05 Å². The monoisotopic (exact) mass is 255 g/mol. The zero-order valence-corrected chi connectivity index (χ0v) is 11.5. The smallest absolute Gasteiger partial charge is 0.235 e. The van der Waals surface area contributed by atoms with Crippen molar-refractivity contribution in [1.82, 2.24) is 9.78 Å². The lowest BCUT2D eigenvalue weighted by Crippen LogP contribution is -1.96. The Kier molecular flexibility index (Phi) is 3.86. The largest absolute Gasteiger partial charge is 0.438 e. The number of rotatable bonds is 4. The van der Waals surface area contributed by atoms with Gasteiger partial charge in [0.05, 0.1) is 5.69 Å². The molecule has 98 valence electrons. The van der Waals surface area contributed by atoms with Crippen LogP contribution in [-0.2, 0) is 13.5 Å². The average Bonchev–Trinajstić information content (AvgIpc) is 2.66. The number of nitriles is 1. The minimum Gasteiger partial charge on any atom is -0.438 e. The molecule has 0 N–H and O–H groups in total. The second-order valence-electron chi connectivity index (χ2n) is 4.50. The topological polar surface area (TPSA) is 50.8 Å². The zero-order valence-electron chi connectivity index (χ0n) is 11.5. The maximum Gasteiger partial charge on any atom is 0.235 e. The van der Waals surface area contributed by atoms with Crippen LogP contribution >= 0.6 is 0 Å². The molecule has 0 bridgehead atoms. The van der Waals surface area contributed by atoms with E-state index < -0.39 is 0 Å². The molecule has 0 fully saturated rings. The van der Waals surface area contributed by atoms with Crippen LogP contribution < -0.4 is 4.74 Å². The van der Waals surface area contributed by atoms with Gasteiger partial charge in [0.2, 0.25) is 5.88 Å². The molecule has 0 atom stereocenters. The highest BCUT2D eigenvalue weighted by molar-refractivity contribution is 5.44. The van der Waals surface area contributed by atoms with Crippen molar-refractivity contribution in [1.29, 1.82) is 5.26 Å². The average molecular weight is 255 g/mol. The van der Waals surface area contributed by atoms with Crippen molar-refractivity contribution in [3.63, 3.8) is 0 Å². The van der Waals surface area contributed by atoms with Crippen LogP contribution in [0.5, 0.6) is 11.6 Å². The van der Waals surface area contributed by atoms with Gasteiger partial charge >= 0.3 is 0 Å². The van der Waals surface area contributed by atoms with Gasteiger partial charge in [-0.3, -0.25) is 0 Å². The summed E-state index contributed by atoms with van der Waals surface area (Å²) in [6.07, 6.45) is 2.19. The van der Waals surface area contributed by atoms with Gasteiger partial charge in [0.1, 0.15) is 17.4 Å². The Balaban J connectivity index is 2.24. The molecule has 4 nitrogen and oxygen atoms in total. The molecule has 0 aliphatic heterocycles. The predicted octanol–water partition coefficient (Wildman–Crippen LogP) is 3.35. The zero-order chi connectivity index (χ0) is 13.8. The van der Waals surface area contributed by atoms with E-state index in [1.807, 2.05) is 24.3 Å². The highest BCUT2D eigenvalue weighted by Crippen LogP contribution is 2.26. The van der Waals surface area contributed by atoms with Gasteiger partial charge in [-0.15, -0.1) is 0 Å². The molecule has 0 aliphatic carbocycles. The van der Waals surface area contributed by atoms with Crippen LogP contribution in [0.3, 0.4) is 0 Å². The first-order valence-electron chi connectivity index (χ1n) is 6.36. The standard InChI is InChI=1S/C15H17N3O/c1-4-5-12-6-8-13(9-7-12)19-15-14(10-16)11(2)17-18(15)3/h6-9H,4-5H2,1-3H3. The molecule has 1 heterocycles. The third-order valence-electron chi connectivity index (χ3n) is 2.96. The molecule has 1 aromatic carbocycles. The Hall–Kier alpha value is -2.28. The van der Waals surface area contributed by atoms with E-state index >= 15 is 0 Å². The summed E-state index contributed by atoms with van der Waals surface area (Å²) in [7, 11) is 1.77. The van der Waals surface area contributed by atoms with Crippen LogP contribution in [0.2, 0.25) is 0 Å². The van der Waals surface area contributed by atoms with Crippen LogP contribution in [0.25, 0.3) is 0 Å². The maximum atomic E-state index is 9.12. The van der Waals surface area contributed by atoms with E-state index in [4.69, 9.17) is 10.00 Å². The number of hydrogen-bond acceptors (Lipinski definition) is 3. The summed E-state index contributed by atoms with van der Waals surface area (Å²) in [5.74, 6) is 1.21. The molecule has 0 unspecified atom stereocenters. The number of ether oxygens (including phenoxy) is 1. The fourth-order valence-corrected chi connectivity index (χ4v) is 2.01. The van der Waals surface area contributed by atoms with Crippen molar-refractivity contribution in [3.05, 3.63) is 41.1 Å². The first-order valence-corrected chi connectivity index (χ1v) is 6.36. The van der Waals surface area contributed by atoms with E-state index in [1.54, 1.807) is 18.7 Å². The Bertz CT molecular complexity index is 606. The molecule has 0 spiro atoms. The normalized spacial score (nSPS) is 10.2. The van der Waals surface area contributed by atoms with E-state index in [1.165, 1.54) is 5.56 Å². The molecule has 0 amide bonds. The van der Waals surface area contributed by atoms with E-state index in [0.29, 0.717) is 17.1 Å². The fourth-order valence-electron chi connectivity index (χ4n) is 2.01. The first-order chi connectivity index (χ1) is 9.15. The Labute approximate surface area is 113 Å². The lowest BCUT2D eigenvalue weighted by atomic mass is 10.1. The molecule has 4 heteroatoms. The van der Waals surface area contributed by atoms with Crippen LogP contribution in [0.1, 0.15) is 30.2 Å². The van der Waals surface area contributed by atoms with Crippen LogP contribution in [0, 0.1) is 18.3 Å². The van der Waals surface area contributed by atoms with Gasteiger partial charge in [-0.1, -0.05) is 25.5 Å². The van der Waals surface area contributed by atoms with Gasteiger partial charge in [0, 0.05) is 7.05 Å². The second kappa shape index (κ2) is 5.57. The highest BCUT2D eigenvalue weighted by atomic mass is 16.5. The summed E-state index contributed by atoms with van der Waals surface area (Å²) < 4.78 is 7.35. The number of aryl methyl sites for hydroxylation is 3. The molecular formula is C15H17N3O. The van der Waals surface area contributed by atoms with Crippen LogP contribution in [0.4, 0.5) is 0 Å². The lowest BCUT2D eigenvalue weighted by Gasteiger charge is -2.07. The van der Waals surface area contributed by atoms with Gasteiger partial charge in [0.25, 0.3) is 0 Å². The molecular weight excluding hydrogens is 238 g/mol. The third kappa shape index (κ3) is 2.76. The molecule has 2 rings (SSSR count). The Morgan fingerprint density at radius 2 is 2.00 bits per heavy atom. The van der Waals surface area contributed by atoms with E-state index in [2.05, 4.69) is 18.1 Å². The summed E-state index contributed by atoms with van der Waals surface area (Å²) in [5.41, 5.74) is 2.46. The van der Waals surface area contributed by atoms with Gasteiger partial charge in [0.15, 0.2) is 0 Å². The van der Waals surface area contributed by atoms with E-state index in [0.717, 1.165) is 18.6 Å². The van der Waals surface area contributed by atoms with Crippen molar-refractivity contribution in [3.8, 4) is 17.7 Å². The molecule has 19 heavy (non-hydrogen) atoms. The quantitative estimate of drug-likeness (QED) is 0.841. The van der Waals surface area contributed by atoms with Crippen LogP contribution in [0.15, 0.2) is 24.3 Å². The Morgan fingerprint density at radius 3 is 2.58 bits per heavy atom. The summed E-state index contributed by atoms with van der Waals surface area (Å²) in [6.45, 7) is 3.96. The van der Waals surface area contributed by atoms with E-state index in [9.17, 15) is 0 Å². The van der Waals surface area contributed by atoms with Crippen molar-refractivity contribution >= 4 is 0 Å². The Morgan fingerprint density at radius 1 is 1.32 bits per heavy atom. The number of nitrogens with zero attached hydrogens (tertiary/aromatic N) is 3. The van der Waals surface area contributed by atoms with Crippen LogP contribution in [-0.4, -0.2) is 9.78 Å². The summed E-state index contributed by atoms with van der Waals surface area (Å²) in [5, 5.41) is 13.3. The van der Waals surface area contributed by atoms with Gasteiger partial charge in [-0.2, -0.15) is 10.4 Å². The minimum atomic E-state index is 0.486. The molecule has 1 aromatic heterocycles. The number of benzene rings is 1. The second-order valence-corrected chi connectivity index (χ2v) is 4.50. The van der Waals surface area contributed by atoms with Gasteiger partial charge < -0.3 is 4.74 Å². The molecule has 0 radical (unpaired) electrons. The SMILES string of the molecule is CCCc1ccc(Oc2c(C#N)c(C)nn2C)cc1. The molecule has 0 saturated heterocycles. The first kappa shape index (κ1) is 13.2. The third-order valence-corrected chi connectivity index (χ3v) is 2.96. The van der Waals surface area contributed by atoms with Crippen molar-refractivity contribution in [2.45, 2.75) is 26.7 Å². The van der Waals surface area contributed by atoms with E-state index in [-0.39, 0.29) is 0 Å².